The van der Waals surface area contributed by atoms with Crippen LogP contribution in [-0.2, 0) is 10.0 Å². The molecule has 0 aromatic rings. The van der Waals surface area contributed by atoms with Crippen molar-refractivity contribution in [1.29, 1.82) is 0 Å². The van der Waals surface area contributed by atoms with Gasteiger partial charge >= 0.3 is 0 Å². The molecule has 1 rings (SSSR count). The van der Waals surface area contributed by atoms with Gasteiger partial charge in [0.15, 0.2) is 0 Å². The summed E-state index contributed by atoms with van der Waals surface area (Å²) in [7, 11) is -2.89. The Hall–Kier alpha value is -0.0900. The maximum absolute atomic E-state index is 10.9. The Morgan fingerprint density at radius 2 is 1.21 bits per heavy atom. The fraction of sp³-hybridized carbons (Fsp3) is 1.00. The van der Waals surface area contributed by atoms with E-state index in [-0.39, 0.29) is 0 Å². The zero-order valence-corrected chi connectivity index (χ0v) is 11.0. The minimum atomic E-state index is -2.89. The molecule has 4 heteroatoms. The summed E-state index contributed by atoms with van der Waals surface area (Å²) in [5.41, 5.74) is 0. The number of hydrogen-bond acceptors (Lipinski definition) is 2. The largest absolute Gasteiger partial charge is 0.213 e. The maximum atomic E-state index is 10.9. The van der Waals surface area contributed by atoms with Gasteiger partial charge in [-0.25, -0.2) is 12.7 Å². The molecule has 0 N–H and O–H groups in total. The van der Waals surface area contributed by atoms with Crippen molar-refractivity contribution in [3.8, 4) is 0 Å². The lowest BCUT2D eigenvalue weighted by molar-refractivity contribution is 0.349. The van der Waals surface area contributed by atoms with Gasteiger partial charge in [0, 0.05) is 13.1 Å². The maximum Gasteiger partial charge on any atom is 0.211 e. The predicted molar refractivity (Wildman–Crippen MR) is 63.0 cm³/mol. The number of rotatable bonds is 1. The van der Waals surface area contributed by atoms with Gasteiger partial charge in [0.05, 0.1) is 6.26 Å². The highest BCUT2D eigenvalue weighted by Crippen LogP contribution is 2.11. The Labute approximate surface area is 89.6 Å². The number of hydrogen-bond donors (Lipinski definition) is 0. The van der Waals surface area contributed by atoms with E-state index in [9.17, 15) is 8.42 Å². The van der Waals surface area contributed by atoms with Crippen LogP contribution in [0.5, 0.6) is 0 Å². The van der Waals surface area contributed by atoms with E-state index < -0.39 is 10.0 Å². The van der Waals surface area contributed by atoms with Gasteiger partial charge in [-0.2, -0.15) is 0 Å². The summed E-state index contributed by atoms with van der Waals surface area (Å²) < 4.78 is 23.4. The van der Waals surface area contributed by atoms with Crippen LogP contribution in [0.25, 0.3) is 0 Å². The fourth-order valence-electron chi connectivity index (χ4n) is 1.20. The van der Waals surface area contributed by atoms with E-state index in [2.05, 4.69) is 0 Å². The first-order chi connectivity index (χ1) is 6.61. The second-order valence-corrected chi connectivity index (χ2v) is 4.71. The van der Waals surface area contributed by atoms with Crippen LogP contribution in [0.1, 0.15) is 47.0 Å². The molecule has 0 aromatic heterocycles. The highest BCUT2D eigenvalue weighted by Gasteiger charge is 2.18. The van der Waals surface area contributed by atoms with E-state index in [0.29, 0.717) is 0 Å². The molecule has 1 heterocycles. The van der Waals surface area contributed by atoms with Crippen molar-refractivity contribution >= 4 is 10.0 Å². The third-order valence-corrected chi connectivity index (χ3v) is 3.09. The Kier molecular flexibility index (Phi) is 11.0. The highest BCUT2D eigenvalue weighted by atomic mass is 32.2. The van der Waals surface area contributed by atoms with Crippen LogP contribution < -0.4 is 0 Å². The molecule has 0 atom stereocenters. The quantitative estimate of drug-likeness (QED) is 0.685. The van der Waals surface area contributed by atoms with Crippen LogP contribution in [0.15, 0.2) is 0 Å². The lowest BCUT2D eigenvalue weighted by atomic mass is 10.2. The molecule has 1 fully saturated rings. The monoisotopic (exact) mass is 223 g/mol. The van der Waals surface area contributed by atoms with Gasteiger partial charge in [-0.1, -0.05) is 34.1 Å². The summed E-state index contributed by atoms with van der Waals surface area (Å²) in [5, 5.41) is 0. The highest BCUT2D eigenvalue weighted by molar-refractivity contribution is 7.88. The average Bonchev–Trinajstić information content (AvgIpc) is 2.24. The average molecular weight is 223 g/mol. The van der Waals surface area contributed by atoms with E-state index in [1.165, 1.54) is 12.7 Å². The van der Waals surface area contributed by atoms with Crippen molar-refractivity contribution in [3.05, 3.63) is 0 Å². The molecular formula is C10H25NO2S. The molecule has 0 spiro atoms. The molecule has 0 radical (unpaired) electrons. The summed E-state index contributed by atoms with van der Waals surface area (Å²) in [6, 6.07) is 0. The SMILES string of the molecule is CC.CC.CS(=O)(=O)N1CCCCC1. The molecule has 1 aliphatic heterocycles. The van der Waals surface area contributed by atoms with Crippen LogP contribution in [0.4, 0.5) is 0 Å². The summed E-state index contributed by atoms with van der Waals surface area (Å²) in [5.74, 6) is 0. The third-order valence-electron chi connectivity index (χ3n) is 1.78. The second-order valence-electron chi connectivity index (χ2n) is 2.72. The Bertz CT molecular complexity index is 194. The predicted octanol–water partition coefficient (Wildman–Crippen LogP) is 2.48. The molecule has 14 heavy (non-hydrogen) atoms. The summed E-state index contributed by atoms with van der Waals surface area (Å²) >= 11 is 0. The molecule has 0 amide bonds. The Morgan fingerprint density at radius 1 is 0.857 bits per heavy atom. The van der Waals surface area contributed by atoms with Crippen molar-refractivity contribution < 1.29 is 8.42 Å². The number of sulfonamides is 1. The van der Waals surface area contributed by atoms with E-state index in [4.69, 9.17) is 0 Å². The summed E-state index contributed by atoms with van der Waals surface area (Å²) in [4.78, 5) is 0. The first-order valence-corrected chi connectivity index (χ1v) is 7.40. The smallest absolute Gasteiger partial charge is 0.211 e. The molecule has 1 aliphatic rings. The molecule has 0 saturated carbocycles. The number of nitrogens with zero attached hydrogens (tertiary/aromatic N) is 1. The van der Waals surface area contributed by atoms with Crippen molar-refractivity contribution in [2.45, 2.75) is 47.0 Å². The molecule has 0 unspecified atom stereocenters. The molecule has 0 aromatic carbocycles. The van der Waals surface area contributed by atoms with Crippen molar-refractivity contribution in [2.75, 3.05) is 19.3 Å². The van der Waals surface area contributed by atoms with E-state index in [1.54, 1.807) is 4.31 Å². The van der Waals surface area contributed by atoms with E-state index >= 15 is 0 Å². The van der Waals surface area contributed by atoms with E-state index in [1.807, 2.05) is 27.7 Å². The van der Waals surface area contributed by atoms with Crippen molar-refractivity contribution in [3.63, 3.8) is 0 Å². The summed E-state index contributed by atoms with van der Waals surface area (Å²) in [6.45, 7) is 9.44. The third kappa shape index (κ3) is 7.33. The van der Waals surface area contributed by atoms with Gasteiger partial charge in [-0.05, 0) is 12.8 Å². The lowest BCUT2D eigenvalue weighted by Crippen LogP contribution is -2.34. The zero-order chi connectivity index (χ0) is 11.6. The van der Waals surface area contributed by atoms with Gasteiger partial charge in [-0.15, -0.1) is 0 Å². The van der Waals surface area contributed by atoms with Crippen molar-refractivity contribution in [2.24, 2.45) is 0 Å². The van der Waals surface area contributed by atoms with Gasteiger partial charge in [0.1, 0.15) is 0 Å². The van der Waals surface area contributed by atoms with Crippen LogP contribution in [0.3, 0.4) is 0 Å². The van der Waals surface area contributed by atoms with Crippen LogP contribution >= 0.6 is 0 Å². The van der Waals surface area contributed by atoms with Crippen LogP contribution in [0, 0.1) is 0 Å². The fourth-order valence-corrected chi connectivity index (χ4v) is 2.12. The molecule has 0 bridgehead atoms. The van der Waals surface area contributed by atoms with Crippen LogP contribution in [0.2, 0.25) is 0 Å². The second kappa shape index (κ2) is 9.46. The first-order valence-electron chi connectivity index (χ1n) is 5.56. The molecule has 3 nitrogen and oxygen atoms in total. The minimum Gasteiger partial charge on any atom is -0.213 e. The molecular weight excluding hydrogens is 198 g/mol. The normalized spacial score (nSPS) is 17.2. The number of piperidine rings is 1. The topological polar surface area (TPSA) is 37.4 Å². The van der Waals surface area contributed by atoms with Gasteiger partial charge < -0.3 is 0 Å². The Morgan fingerprint density at radius 3 is 1.43 bits per heavy atom. The minimum absolute atomic E-state index is 0.721. The molecule has 88 valence electrons. The van der Waals surface area contributed by atoms with Crippen molar-refractivity contribution in [1.82, 2.24) is 4.31 Å². The Balaban J connectivity index is 0. The molecule has 0 aliphatic carbocycles. The van der Waals surface area contributed by atoms with Gasteiger partial charge in [0.25, 0.3) is 0 Å². The van der Waals surface area contributed by atoms with Crippen LogP contribution in [-0.4, -0.2) is 32.1 Å². The van der Waals surface area contributed by atoms with E-state index in [0.717, 1.165) is 25.9 Å². The summed E-state index contributed by atoms with van der Waals surface area (Å²) in [6.07, 6.45) is 4.49. The molecule has 1 saturated heterocycles. The van der Waals surface area contributed by atoms with Gasteiger partial charge in [-0.3, -0.25) is 0 Å². The zero-order valence-electron chi connectivity index (χ0n) is 10.2. The first kappa shape index (κ1) is 16.3. The standard InChI is InChI=1S/C6H13NO2S.2C2H6/c1-10(8,9)7-5-3-2-4-6-7;2*1-2/h2-6H2,1H3;2*1-2H3. The lowest BCUT2D eigenvalue weighted by Gasteiger charge is -2.23. The van der Waals surface area contributed by atoms with Gasteiger partial charge in [0.2, 0.25) is 10.0 Å².